The van der Waals surface area contributed by atoms with E-state index in [1.54, 1.807) is 30.1 Å². The van der Waals surface area contributed by atoms with Crippen molar-refractivity contribution in [3.63, 3.8) is 0 Å². The van der Waals surface area contributed by atoms with E-state index in [9.17, 15) is 14.3 Å². The van der Waals surface area contributed by atoms with Gasteiger partial charge < -0.3 is 14.9 Å². The number of aliphatic carboxylic acids is 1. The molecule has 0 bridgehead atoms. The maximum atomic E-state index is 14.9. The Hall–Kier alpha value is -2.43. The maximum Gasteiger partial charge on any atom is 0.303 e. The van der Waals surface area contributed by atoms with Crippen molar-refractivity contribution in [2.75, 3.05) is 37.0 Å². The second-order valence-corrected chi connectivity index (χ2v) is 11.2. The molecule has 36 heavy (non-hydrogen) atoms. The van der Waals surface area contributed by atoms with Crippen LogP contribution in [-0.4, -0.2) is 70.0 Å². The van der Waals surface area contributed by atoms with Gasteiger partial charge in [0.2, 0.25) is 0 Å². The Bertz CT molecular complexity index is 1190. The number of carboxylic acids is 1. The summed E-state index contributed by atoms with van der Waals surface area (Å²) >= 11 is 5.24. The number of piperidine rings is 1. The molecular formula is C26H29BrFN5O2S. The number of hydrogen-bond donors (Lipinski definition) is 1. The summed E-state index contributed by atoms with van der Waals surface area (Å²) in [6.45, 7) is 3.87. The molecule has 5 rings (SSSR count). The number of likely N-dealkylation sites (tertiary alicyclic amines) is 1. The van der Waals surface area contributed by atoms with E-state index in [0.717, 1.165) is 41.1 Å². The standard InChI is InChI=1S/C26H29BrFN5O2S/c27-18-8-10-23-20(16-18)25(19-6-2-3-7-21(19)28)29-22(9-11-24(34)35)26-30-33(17-32(23)26)36-15-14-31-12-4-1-5-13-31/h2-3,6-8,10,16,22H,1,4-5,9,11-15,17H2,(H,34,35)/t22-/m0/s1. The molecule has 7 nitrogen and oxygen atoms in total. The van der Waals surface area contributed by atoms with Crippen molar-refractivity contribution in [2.24, 2.45) is 10.1 Å². The van der Waals surface area contributed by atoms with Crippen LogP contribution in [0.1, 0.15) is 43.2 Å². The summed E-state index contributed by atoms with van der Waals surface area (Å²) in [6, 6.07) is 12.0. The molecule has 1 N–H and O–H groups in total. The molecule has 190 valence electrons. The van der Waals surface area contributed by atoms with E-state index in [0.29, 0.717) is 23.8 Å². The summed E-state index contributed by atoms with van der Waals surface area (Å²) in [5.41, 5.74) is 2.59. The third-order valence-electron chi connectivity index (χ3n) is 6.70. The summed E-state index contributed by atoms with van der Waals surface area (Å²) in [6.07, 6.45) is 4.09. The second kappa shape index (κ2) is 11.3. The van der Waals surface area contributed by atoms with Gasteiger partial charge in [-0.25, -0.2) is 8.80 Å². The van der Waals surface area contributed by atoms with Crippen molar-refractivity contribution in [3.8, 4) is 0 Å². The van der Waals surface area contributed by atoms with E-state index in [2.05, 4.69) is 25.7 Å². The Labute approximate surface area is 223 Å². The van der Waals surface area contributed by atoms with Crippen molar-refractivity contribution in [1.29, 1.82) is 0 Å². The van der Waals surface area contributed by atoms with Gasteiger partial charge in [0, 0.05) is 34.3 Å². The van der Waals surface area contributed by atoms with Gasteiger partial charge in [-0.15, -0.1) is 5.10 Å². The van der Waals surface area contributed by atoms with Crippen LogP contribution < -0.4 is 4.90 Å². The molecule has 3 heterocycles. The van der Waals surface area contributed by atoms with E-state index in [1.807, 2.05) is 22.6 Å². The number of fused-ring (bicyclic) bond motifs is 3. The third kappa shape index (κ3) is 5.60. The minimum atomic E-state index is -0.889. The Morgan fingerprint density at radius 2 is 1.94 bits per heavy atom. The Morgan fingerprint density at radius 1 is 1.14 bits per heavy atom. The van der Waals surface area contributed by atoms with Crippen LogP contribution >= 0.6 is 27.9 Å². The molecule has 3 aliphatic rings. The number of benzene rings is 2. The second-order valence-electron chi connectivity index (χ2n) is 9.18. The van der Waals surface area contributed by atoms with Crippen molar-refractivity contribution in [1.82, 2.24) is 9.31 Å². The highest BCUT2D eigenvalue weighted by atomic mass is 79.9. The average Bonchev–Trinajstić information content (AvgIpc) is 3.24. The van der Waals surface area contributed by atoms with Crippen LogP contribution in [0.5, 0.6) is 0 Å². The van der Waals surface area contributed by atoms with Gasteiger partial charge in [-0.1, -0.05) is 34.5 Å². The monoisotopic (exact) mass is 573 g/mol. The first-order chi connectivity index (χ1) is 17.5. The van der Waals surface area contributed by atoms with Crippen LogP contribution in [0.15, 0.2) is 57.0 Å². The summed E-state index contributed by atoms with van der Waals surface area (Å²) in [5, 5.41) is 14.3. The van der Waals surface area contributed by atoms with Crippen LogP contribution in [0, 0.1) is 5.82 Å². The number of anilines is 1. The van der Waals surface area contributed by atoms with Crippen LogP contribution in [0.25, 0.3) is 0 Å². The molecule has 1 fully saturated rings. The molecule has 0 aromatic heterocycles. The van der Waals surface area contributed by atoms with Gasteiger partial charge in [0.1, 0.15) is 18.5 Å². The van der Waals surface area contributed by atoms with E-state index >= 15 is 0 Å². The number of rotatable bonds is 8. The van der Waals surface area contributed by atoms with Gasteiger partial charge in [-0.2, -0.15) is 0 Å². The number of halogens is 2. The summed E-state index contributed by atoms with van der Waals surface area (Å²) in [4.78, 5) is 21.0. The zero-order valence-corrected chi connectivity index (χ0v) is 22.3. The van der Waals surface area contributed by atoms with Crippen molar-refractivity contribution < 1.29 is 14.3 Å². The molecular weight excluding hydrogens is 545 g/mol. The zero-order chi connectivity index (χ0) is 25.1. The molecule has 2 aromatic carbocycles. The lowest BCUT2D eigenvalue weighted by atomic mass is 9.99. The van der Waals surface area contributed by atoms with Gasteiger partial charge in [0.15, 0.2) is 5.84 Å². The molecule has 0 radical (unpaired) electrons. The number of hydrazone groups is 1. The minimum Gasteiger partial charge on any atom is -0.481 e. The molecule has 0 spiro atoms. The first-order valence-electron chi connectivity index (χ1n) is 12.3. The Morgan fingerprint density at radius 3 is 2.72 bits per heavy atom. The van der Waals surface area contributed by atoms with Gasteiger partial charge in [-0.05, 0) is 74.6 Å². The summed E-state index contributed by atoms with van der Waals surface area (Å²) in [7, 11) is 0. The van der Waals surface area contributed by atoms with Crippen molar-refractivity contribution >= 4 is 51.1 Å². The average molecular weight is 575 g/mol. The number of carbonyl (C=O) groups is 1. The minimum absolute atomic E-state index is 0.0479. The van der Waals surface area contributed by atoms with Crippen molar-refractivity contribution in [2.45, 2.75) is 38.1 Å². The number of nitrogens with zero attached hydrogens (tertiary/aromatic N) is 5. The maximum absolute atomic E-state index is 14.9. The highest BCUT2D eigenvalue weighted by Gasteiger charge is 2.36. The lowest BCUT2D eigenvalue weighted by Crippen LogP contribution is -2.36. The summed E-state index contributed by atoms with van der Waals surface area (Å²) in [5.74, 6) is 0.385. The fourth-order valence-corrected chi connectivity index (χ4v) is 6.16. The SMILES string of the molecule is O=C(O)CC[C@@H]1N=C(c2ccccc2F)c2cc(Br)ccc2N2CN(SCCN3CCCCC3)N=C12. The molecule has 10 heteroatoms. The zero-order valence-electron chi connectivity index (χ0n) is 19.9. The van der Waals surface area contributed by atoms with Crippen LogP contribution in [0.2, 0.25) is 0 Å². The smallest absolute Gasteiger partial charge is 0.303 e. The molecule has 0 amide bonds. The van der Waals surface area contributed by atoms with Crippen LogP contribution in [0.4, 0.5) is 10.1 Å². The number of hydrogen-bond acceptors (Lipinski definition) is 7. The number of amidine groups is 1. The van der Waals surface area contributed by atoms with Gasteiger partial charge in [0.05, 0.1) is 11.4 Å². The molecule has 1 atom stereocenters. The highest BCUT2D eigenvalue weighted by Crippen LogP contribution is 2.36. The van der Waals surface area contributed by atoms with Gasteiger partial charge in [0.25, 0.3) is 0 Å². The normalized spacial score (nSPS) is 19.9. The fraction of sp³-hybridized carbons (Fsp3) is 0.423. The van der Waals surface area contributed by atoms with E-state index in [4.69, 9.17) is 10.1 Å². The molecule has 2 aromatic rings. The largest absolute Gasteiger partial charge is 0.481 e. The topological polar surface area (TPSA) is 71.7 Å². The van der Waals surface area contributed by atoms with Gasteiger partial charge >= 0.3 is 5.97 Å². The fourth-order valence-electron chi connectivity index (χ4n) is 4.91. The number of aliphatic imine (C=N–C) groups is 1. The van der Waals surface area contributed by atoms with E-state index < -0.39 is 12.0 Å². The van der Waals surface area contributed by atoms with E-state index in [-0.39, 0.29) is 18.7 Å². The molecule has 0 aliphatic carbocycles. The molecule has 1 saturated heterocycles. The van der Waals surface area contributed by atoms with Crippen LogP contribution in [-0.2, 0) is 4.79 Å². The molecule has 0 unspecified atom stereocenters. The highest BCUT2D eigenvalue weighted by molar-refractivity contribution is 9.10. The molecule has 3 aliphatic heterocycles. The first kappa shape index (κ1) is 25.2. The van der Waals surface area contributed by atoms with Crippen molar-refractivity contribution in [3.05, 3.63) is 63.9 Å². The quantitative estimate of drug-likeness (QED) is 0.438. The lowest BCUT2D eigenvalue weighted by Gasteiger charge is -2.27. The Balaban J connectivity index is 1.48. The van der Waals surface area contributed by atoms with Crippen LogP contribution in [0.3, 0.4) is 0 Å². The number of carboxylic acid groups (broad SMARTS) is 1. The van der Waals surface area contributed by atoms with E-state index in [1.165, 1.54) is 25.3 Å². The third-order valence-corrected chi connectivity index (χ3v) is 8.05. The predicted octanol–water partition coefficient (Wildman–Crippen LogP) is 5.20. The summed E-state index contributed by atoms with van der Waals surface area (Å²) < 4.78 is 17.8. The first-order valence-corrected chi connectivity index (χ1v) is 14.1. The lowest BCUT2D eigenvalue weighted by molar-refractivity contribution is -0.137. The molecule has 0 saturated carbocycles. The predicted molar refractivity (Wildman–Crippen MR) is 146 cm³/mol. The van der Waals surface area contributed by atoms with Gasteiger partial charge in [-0.3, -0.25) is 9.79 Å². The Kier molecular flexibility index (Phi) is 7.93.